The number of methoxy groups -OCH3 is 1. The van der Waals surface area contributed by atoms with Crippen LogP contribution in [-0.2, 0) is 16.6 Å². The Labute approximate surface area is 188 Å². The fourth-order valence-electron chi connectivity index (χ4n) is 4.52. The summed E-state index contributed by atoms with van der Waals surface area (Å²) in [5.74, 6) is 1.98. The maximum absolute atomic E-state index is 13.4. The van der Waals surface area contributed by atoms with Crippen LogP contribution in [-0.4, -0.2) is 29.1 Å². The van der Waals surface area contributed by atoms with E-state index in [1.807, 2.05) is 44.2 Å². The van der Waals surface area contributed by atoms with Crippen LogP contribution in [0.2, 0.25) is 0 Å². The Kier molecular flexibility index (Phi) is 4.88. The topological polar surface area (TPSA) is 73.3 Å². The van der Waals surface area contributed by atoms with E-state index in [2.05, 4.69) is 23.3 Å². The number of aryl methyl sites for hydroxylation is 1. The summed E-state index contributed by atoms with van der Waals surface area (Å²) in [6.45, 7) is 6.11. The van der Waals surface area contributed by atoms with Crippen molar-refractivity contribution in [2.75, 3.05) is 12.4 Å². The molecule has 1 aliphatic heterocycles. The summed E-state index contributed by atoms with van der Waals surface area (Å²) in [6, 6.07) is 11.9. The number of hydrogen-bond donors (Lipinski definition) is 1. The quantitative estimate of drug-likeness (QED) is 0.633. The molecule has 1 saturated carbocycles. The Morgan fingerprint density at radius 3 is 2.78 bits per heavy atom. The zero-order valence-corrected chi connectivity index (χ0v) is 18.9. The Morgan fingerprint density at radius 1 is 1.22 bits per heavy atom. The van der Waals surface area contributed by atoms with Crippen molar-refractivity contribution in [2.45, 2.75) is 51.6 Å². The van der Waals surface area contributed by atoms with Crippen molar-refractivity contribution in [1.82, 2.24) is 9.97 Å². The first-order valence-electron chi connectivity index (χ1n) is 11.0. The SMILES string of the molecule is COc1ncccc1-c1nc(NC(=O)C2(c3ccc4c(c3)CC(C)O4)CC2)cc(C)c1C. The van der Waals surface area contributed by atoms with Gasteiger partial charge in [-0.1, -0.05) is 12.1 Å². The lowest BCUT2D eigenvalue weighted by atomic mass is 9.92. The number of benzene rings is 1. The van der Waals surface area contributed by atoms with Gasteiger partial charge >= 0.3 is 0 Å². The van der Waals surface area contributed by atoms with E-state index in [-0.39, 0.29) is 12.0 Å². The summed E-state index contributed by atoms with van der Waals surface area (Å²) in [6.07, 6.45) is 4.43. The van der Waals surface area contributed by atoms with Gasteiger partial charge in [0, 0.05) is 12.6 Å². The third kappa shape index (κ3) is 3.40. The minimum absolute atomic E-state index is 0.00994. The molecule has 1 atom stereocenters. The lowest BCUT2D eigenvalue weighted by molar-refractivity contribution is -0.118. The van der Waals surface area contributed by atoms with Crippen LogP contribution in [0.15, 0.2) is 42.6 Å². The molecular formula is C26H27N3O3. The smallest absolute Gasteiger partial charge is 0.236 e. The van der Waals surface area contributed by atoms with E-state index in [4.69, 9.17) is 14.5 Å². The van der Waals surface area contributed by atoms with Gasteiger partial charge in [-0.3, -0.25) is 4.79 Å². The molecular weight excluding hydrogens is 402 g/mol. The zero-order valence-electron chi connectivity index (χ0n) is 18.9. The standard InChI is InChI=1S/C26H27N3O3/c1-15-12-22(28-23(17(15)3)20-6-5-11-27-24(20)31-4)29-25(30)26(9-10-26)19-7-8-21-18(14-19)13-16(2)32-21/h5-8,11-12,14,16H,9-10,13H2,1-4H3,(H,28,29,30). The van der Waals surface area contributed by atoms with E-state index in [1.54, 1.807) is 13.3 Å². The summed E-state index contributed by atoms with van der Waals surface area (Å²) in [5.41, 5.74) is 5.40. The third-order valence-electron chi connectivity index (χ3n) is 6.63. The van der Waals surface area contributed by atoms with E-state index in [9.17, 15) is 4.79 Å². The zero-order chi connectivity index (χ0) is 22.5. The average Bonchev–Trinajstić information content (AvgIpc) is 3.51. The maximum atomic E-state index is 13.4. The molecule has 2 aromatic heterocycles. The molecule has 0 saturated heterocycles. The van der Waals surface area contributed by atoms with Gasteiger partial charge in [-0.2, -0.15) is 0 Å². The monoisotopic (exact) mass is 429 g/mol. The molecule has 164 valence electrons. The predicted octanol–water partition coefficient (Wildman–Crippen LogP) is 4.76. The second kappa shape index (κ2) is 7.62. The molecule has 0 bridgehead atoms. The number of aromatic nitrogens is 2. The predicted molar refractivity (Wildman–Crippen MR) is 123 cm³/mol. The molecule has 3 aromatic rings. The van der Waals surface area contributed by atoms with Gasteiger partial charge in [-0.25, -0.2) is 9.97 Å². The number of rotatable bonds is 5. The second-order valence-electron chi connectivity index (χ2n) is 8.85. The van der Waals surface area contributed by atoms with Crippen molar-refractivity contribution in [1.29, 1.82) is 0 Å². The maximum Gasteiger partial charge on any atom is 0.236 e. The molecule has 1 amide bonds. The number of ether oxygens (including phenoxy) is 2. The van der Waals surface area contributed by atoms with E-state index in [0.29, 0.717) is 11.7 Å². The Morgan fingerprint density at radius 2 is 2.03 bits per heavy atom. The Bertz CT molecular complexity index is 1220. The number of carbonyl (C=O) groups excluding carboxylic acids is 1. The minimum atomic E-state index is -0.493. The van der Waals surface area contributed by atoms with E-state index in [0.717, 1.165) is 53.0 Å². The Balaban J connectivity index is 1.45. The van der Waals surface area contributed by atoms with Crippen LogP contribution >= 0.6 is 0 Å². The lowest BCUT2D eigenvalue weighted by Crippen LogP contribution is -2.28. The molecule has 6 nitrogen and oxygen atoms in total. The molecule has 2 aliphatic rings. The van der Waals surface area contributed by atoms with Crippen molar-refractivity contribution in [3.05, 3.63) is 64.8 Å². The van der Waals surface area contributed by atoms with Crippen LogP contribution in [0.5, 0.6) is 11.6 Å². The minimum Gasteiger partial charge on any atom is -0.490 e. The number of nitrogens with zero attached hydrogens (tertiary/aromatic N) is 2. The fourth-order valence-corrected chi connectivity index (χ4v) is 4.52. The summed E-state index contributed by atoms with van der Waals surface area (Å²) in [5, 5.41) is 3.09. The highest BCUT2D eigenvalue weighted by Gasteiger charge is 2.51. The second-order valence-corrected chi connectivity index (χ2v) is 8.85. The molecule has 0 spiro atoms. The number of hydrogen-bond acceptors (Lipinski definition) is 5. The van der Waals surface area contributed by atoms with Gasteiger partial charge in [0.05, 0.1) is 23.8 Å². The lowest BCUT2D eigenvalue weighted by Gasteiger charge is -2.18. The molecule has 32 heavy (non-hydrogen) atoms. The first kappa shape index (κ1) is 20.5. The van der Waals surface area contributed by atoms with Crippen molar-refractivity contribution >= 4 is 11.7 Å². The molecule has 1 aliphatic carbocycles. The number of anilines is 1. The van der Waals surface area contributed by atoms with Crippen molar-refractivity contribution in [3.63, 3.8) is 0 Å². The highest BCUT2D eigenvalue weighted by molar-refractivity contribution is 6.01. The fraction of sp³-hybridized carbons (Fsp3) is 0.346. The van der Waals surface area contributed by atoms with E-state index in [1.165, 1.54) is 5.56 Å². The van der Waals surface area contributed by atoms with Gasteiger partial charge in [0.25, 0.3) is 0 Å². The summed E-state index contributed by atoms with van der Waals surface area (Å²) >= 11 is 0. The molecule has 0 radical (unpaired) electrons. The van der Waals surface area contributed by atoms with Crippen LogP contribution in [0.4, 0.5) is 5.82 Å². The number of nitrogens with one attached hydrogen (secondary N) is 1. The van der Waals surface area contributed by atoms with Gasteiger partial charge < -0.3 is 14.8 Å². The first-order valence-corrected chi connectivity index (χ1v) is 11.0. The normalized spacial score (nSPS) is 17.9. The number of pyridine rings is 2. The van der Waals surface area contributed by atoms with Crippen molar-refractivity contribution in [3.8, 4) is 22.9 Å². The van der Waals surface area contributed by atoms with Gasteiger partial charge in [0.1, 0.15) is 17.7 Å². The first-order chi connectivity index (χ1) is 15.4. The molecule has 1 aromatic carbocycles. The molecule has 6 heteroatoms. The number of carbonyl (C=O) groups is 1. The highest BCUT2D eigenvalue weighted by Crippen LogP contribution is 2.50. The van der Waals surface area contributed by atoms with Crippen molar-refractivity contribution < 1.29 is 14.3 Å². The summed E-state index contributed by atoms with van der Waals surface area (Å²) < 4.78 is 11.3. The van der Waals surface area contributed by atoms with Gasteiger partial charge in [0.2, 0.25) is 11.8 Å². The molecule has 1 unspecified atom stereocenters. The summed E-state index contributed by atoms with van der Waals surface area (Å²) in [7, 11) is 1.60. The Hall–Kier alpha value is -3.41. The molecule has 5 rings (SSSR count). The van der Waals surface area contributed by atoms with Gasteiger partial charge in [-0.05, 0) is 80.1 Å². The molecule has 1 N–H and O–H groups in total. The largest absolute Gasteiger partial charge is 0.490 e. The van der Waals surface area contributed by atoms with Gasteiger partial charge in [-0.15, -0.1) is 0 Å². The van der Waals surface area contributed by atoms with Gasteiger partial charge in [0.15, 0.2) is 0 Å². The average molecular weight is 430 g/mol. The number of fused-ring (bicyclic) bond motifs is 1. The van der Waals surface area contributed by atoms with Crippen LogP contribution in [0.25, 0.3) is 11.3 Å². The van der Waals surface area contributed by atoms with E-state index >= 15 is 0 Å². The van der Waals surface area contributed by atoms with Crippen molar-refractivity contribution in [2.24, 2.45) is 0 Å². The van der Waals surface area contributed by atoms with Crippen LogP contribution in [0, 0.1) is 13.8 Å². The van der Waals surface area contributed by atoms with Crippen LogP contribution in [0.1, 0.15) is 42.0 Å². The van der Waals surface area contributed by atoms with Crippen LogP contribution < -0.4 is 14.8 Å². The number of amides is 1. The third-order valence-corrected chi connectivity index (χ3v) is 6.63. The highest BCUT2D eigenvalue weighted by atomic mass is 16.5. The van der Waals surface area contributed by atoms with E-state index < -0.39 is 5.41 Å². The molecule has 3 heterocycles. The van der Waals surface area contributed by atoms with Crippen LogP contribution in [0.3, 0.4) is 0 Å². The summed E-state index contributed by atoms with van der Waals surface area (Å²) in [4.78, 5) is 22.5. The molecule has 1 fully saturated rings.